The van der Waals surface area contributed by atoms with Gasteiger partial charge in [-0.3, -0.25) is 4.79 Å². The molecule has 12 heavy (non-hydrogen) atoms. The summed E-state index contributed by atoms with van der Waals surface area (Å²) in [5.41, 5.74) is 0.201. The lowest BCUT2D eigenvalue weighted by molar-refractivity contribution is -0.138. The minimum Gasteiger partial charge on any atom is -0.378 e. The highest BCUT2D eigenvalue weighted by molar-refractivity contribution is 6.30. The van der Waals surface area contributed by atoms with Crippen LogP contribution in [0.2, 0.25) is 5.02 Å². The molecule has 0 amide bonds. The van der Waals surface area contributed by atoms with E-state index in [0.717, 1.165) is 0 Å². The number of rotatable bonds is 2. The van der Waals surface area contributed by atoms with Crippen molar-refractivity contribution < 1.29 is 14.3 Å². The molecule has 0 radical (unpaired) electrons. The Balaban J connectivity index is 2.89. The summed E-state index contributed by atoms with van der Waals surface area (Å²) in [7, 11) is 0. The van der Waals surface area contributed by atoms with Crippen LogP contribution in [0.3, 0.4) is 0 Å². The minimum atomic E-state index is -1.77. The Hall–Kier alpha value is -0.930. The standard InChI is InChI=1S/C8H6ClFO2/c9-6-3-1-5(2-4-6)7(11)8(10)12/h1-4,7,11H/t7-/m1/s1. The van der Waals surface area contributed by atoms with Gasteiger partial charge in [0, 0.05) is 5.02 Å². The molecule has 0 bridgehead atoms. The highest BCUT2D eigenvalue weighted by Gasteiger charge is 2.15. The Kier molecular flexibility index (Phi) is 2.78. The van der Waals surface area contributed by atoms with Crippen LogP contribution in [0, 0.1) is 0 Å². The highest BCUT2D eigenvalue weighted by atomic mass is 35.5. The van der Waals surface area contributed by atoms with Crippen molar-refractivity contribution in [2.24, 2.45) is 0 Å². The summed E-state index contributed by atoms with van der Waals surface area (Å²) >= 11 is 5.54. The molecule has 1 atom stereocenters. The number of carbonyl (C=O) groups is 1. The first-order chi connectivity index (χ1) is 5.61. The Morgan fingerprint density at radius 1 is 1.42 bits per heavy atom. The van der Waals surface area contributed by atoms with Crippen LogP contribution in [0.1, 0.15) is 11.7 Å². The molecular formula is C8H6ClFO2. The van der Waals surface area contributed by atoms with Gasteiger partial charge in [-0.15, -0.1) is 0 Å². The number of aliphatic hydroxyl groups excluding tert-OH is 1. The molecule has 0 aliphatic heterocycles. The van der Waals surface area contributed by atoms with Gasteiger partial charge in [0.25, 0.3) is 0 Å². The van der Waals surface area contributed by atoms with Gasteiger partial charge in [-0.1, -0.05) is 23.7 Å². The topological polar surface area (TPSA) is 37.3 Å². The number of hydrogen-bond acceptors (Lipinski definition) is 2. The van der Waals surface area contributed by atoms with Gasteiger partial charge in [0.1, 0.15) is 0 Å². The number of benzene rings is 1. The van der Waals surface area contributed by atoms with Crippen molar-refractivity contribution in [1.82, 2.24) is 0 Å². The Morgan fingerprint density at radius 3 is 2.33 bits per heavy atom. The molecule has 64 valence electrons. The third-order valence-electron chi connectivity index (χ3n) is 1.40. The summed E-state index contributed by atoms with van der Waals surface area (Å²) in [6.45, 7) is 0. The van der Waals surface area contributed by atoms with E-state index in [4.69, 9.17) is 16.7 Å². The molecule has 1 aromatic rings. The van der Waals surface area contributed by atoms with E-state index in [2.05, 4.69) is 0 Å². The van der Waals surface area contributed by atoms with Gasteiger partial charge in [0.15, 0.2) is 6.10 Å². The van der Waals surface area contributed by atoms with Crippen LogP contribution in [-0.2, 0) is 4.79 Å². The van der Waals surface area contributed by atoms with Gasteiger partial charge in [0.2, 0.25) is 0 Å². The summed E-state index contributed by atoms with van der Waals surface area (Å²) in [4.78, 5) is 10.1. The largest absolute Gasteiger partial charge is 0.378 e. The summed E-state index contributed by atoms with van der Waals surface area (Å²) < 4.78 is 12.0. The number of aliphatic hydroxyl groups is 1. The van der Waals surface area contributed by atoms with E-state index in [9.17, 15) is 9.18 Å². The van der Waals surface area contributed by atoms with Gasteiger partial charge in [0.05, 0.1) is 0 Å². The zero-order valence-electron chi connectivity index (χ0n) is 6.00. The lowest BCUT2D eigenvalue weighted by atomic mass is 10.1. The first kappa shape index (κ1) is 9.16. The van der Waals surface area contributed by atoms with Gasteiger partial charge in [-0.25, -0.2) is 0 Å². The van der Waals surface area contributed by atoms with Crippen LogP contribution in [0.25, 0.3) is 0 Å². The van der Waals surface area contributed by atoms with Gasteiger partial charge < -0.3 is 5.11 Å². The quantitative estimate of drug-likeness (QED) is 0.720. The van der Waals surface area contributed by atoms with Gasteiger partial charge in [-0.2, -0.15) is 4.39 Å². The summed E-state index contributed by atoms with van der Waals surface area (Å²) in [5.74, 6) is 0. The number of halogens is 2. The molecule has 1 aromatic carbocycles. The smallest absolute Gasteiger partial charge is 0.334 e. The molecule has 4 heteroatoms. The Labute approximate surface area is 73.6 Å². The van der Waals surface area contributed by atoms with Crippen molar-refractivity contribution in [2.45, 2.75) is 6.10 Å². The van der Waals surface area contributed by atoms with Gasteiger partial charge in [-0.05, 0) is 17.7 Å². The Morgan fingerprint density at radius 2 is 1.92 bits per heavy atom. The monoisotopic (exact) mass is 188 g/mol. The second-order valence-electron chi connectivity index (χ2n) is 2.26. The van der Waals surface area contributed by atoms with E-state index in [1.807, 2.05) is 0 Å². The van der Waals surface area contributed by atoms with E-state index >= 15 is 0 Å². The predicted molar refractivity (Wildman–Crippen MR) is 42.5 cm³/mol. The Bertz CT molecular complexity index is 284. The van der Waals surface area contributed by atoms with E-state index < -0.39 is 12.1 Å². The molecule has 0 saturated heterocycles. The lowest BCUT2D eigenvalue weighted by Crippen LogP contribution is -2.05. The van der Waals surface area contributed by atoms with Crippen molar-refractivity contribution in [1.29, 1.82) is 0 Å². The summed E-state index contributed by atoms with van der Waals surface area (Å²) in [6, 6.07) is 3.97. The zero-order chi connectivity index (χ0) is 9.14. The van der Waals surface area contributed by atoms with Crippen molar-refractivity contribution in [3.8, 4) is 0 Å². The molecule has 1 rings (SSSR count). The highest BCUT2D eigenvalue weighted by Crippen LogP contribution is 2.17. The molecule has 0 unspecified atom stereocenters. The van der Waals surface area contributed by atoms with Crippen LogP contribution in [-0.4, -0.2) is 11.1 Å². The maximum atomic E-state index is 12.0. The van der Waals surface area contributed by atoms with Crippen LogP contribution >= 0.6 is 11.6 Å². The molecule has 0 saturated carbocycles. The molecule has 0 aliphatic carbocycles. The predicted octanol–water partition coefficient (Wildman–Crippen LogP) is 1.87. The first-order valence-corrected chi connectivity index (χ1v) is 3.62. The summed E-state index contributed by atoms with van der Waals surface area (Å²) in [5, 5.41) is 9.39. The van der Waals surface area contributed by atoms with Gasteiger partial charge >= 0.3 is 6.04 Å². The number of hydrogen-bond donors (Lipinski definition) is 1. The van der Waals surface area contributed by atoms with Crippen LogP contribution in [0.15, 0.2) is 24.3 Å². The fourth-order valence-corrected chi connectivity index (χ4v) is 0.902. The van der Waals surface area contributed by atoms with Crippen LogP contribution < -0.4 is 0 Å². The zero-order valence-corrected chi connectivity index (χ0v) is 6.75. The third kappa shape index (κ3) is 2.03. The molecule has 0 fully saturated rings. The van der Waals surface area contributed by atoms with Crippen molar-refractivity contribution >= 4 is 17.6 Å². The second-order valence-corrected chi connectivity index (χ2v) is 2.69. The fraction of sp³-hybridized carbons (Fsp3) is 0.125. The average Bonchev–Trinajstić information content (AvgIpc) is 2.04. The van der Waals surface area contributed by atoms with Crippen molar-refractivity contribution in [3.63, 3.8) is 0 Å². The van der Waals surface area contributed by atoms with Crippen molar-refractivity contribution in [2.75, 3.05) is 0 Å². The number of carbonyl (C=O) groups excluding carboxylic acids is 1. The second kappa shape index (κ2) is 3.65. The fourth-order valence-electron chi connectivity index (χ4n) is 0.776. The third-order valence-corrected chi connectivity index (χ3v) is 1.65. The molecule has 0 spiro atoms. The molecular weight excluding hydrogens is 183 g/mol. The van der Waals surface area contributed by atoms with E-state index in [1.54, 1.807) is 0 Å². The molecule has 0 aromatic heterocycles. The summed E-state index contributed by atoms with van der Waals surface area (Å²) in [6.07, 6.45) is -1.69. The first-order valence-electron chi connectivity index (χ1n) is 3.24. The van der Waals surface area contributed by atoms with E-state index in [1.165, 1.54) is 24.3 Å². The van der Waals surface area contributed by atoms with Crippen LogP contribution in [0.5, 0.6) is 0 Å². The minimum absolute atomic E-state index is 0.201. The molecule has 2 nitrogen and oxygen atoms in total. The lowest BCUT2D eigenvalue weighted by Gasteiger charge is -2.03. The normalized spacial score (nSPS) is 12.6. The maximum Gasteiger partial charge on any atom is 0.334 e. The molecule has 1 N–H and O–H groups in total. The molecule has 0 heterocycles. The SMILES string of the molecule is O=C(F)[C@H](O)c1ccc(Cl)cc1. The average molecular weight is 189 g/mol. The van der Waals surface area contributed by atoms with E-state index in [0.29, 0.717) is 5.02 Å². The maximum absolute atomic E-state index is 12.0. The molecule has 0 aliphatic rings. The van der Waals surface area contributed by atoms with Crippen molar-refractivity contribution in [3.05, 3.63) is 34.9 Å². The van der Waals surface area contributed by atoms with E-state index in [-0.39, 0.29) is 5.56 Å². The van der Waals surface area contributed by atoms with Crippen LogP contribution in [0.4, 0.5) is 4.39 Å².